The van der Waals surface area contributed by atoms with Gasteiger partial charge in [0.25, 0.3) is 5.91 Å². The van der Waals surface area contributed by atoms with E-state index in [2.05, 4.69) is 21.2 Å². The van der Waals surface area contributed by atoms with Gasteiger partial charge in [0.05, 0.1) is 0 Å². The average molecular weight is 401 g/mol. The molecule has 1 N–H and O–H groups in total. The van der Waals surface area contributed by atoms with Crippen molar-refractivity contribution in [3.63, 3.8) is 0 Å². The van der Waals surface area contributed by atoms with E-state index in [1.807, 2.05) is 4.90 Å². The van der Waals surface area contributed by atoms with Crippen molar-refractivity contribution in [2.75, 3.05) is 13.1 Å². The van der Waals surface area contributed by atoms with Crippen LogP contribution in [-0.2, 0) is 0 Å². The summed E-state index contributed by atoms with van der Waals surface area (Å²) < 4.78 is -0.651. The molecular weight excluding hydrogens is 386 g/mol. The standard InChI is InChI=1S/C13H14BrCl3N2O/c14-10-5-3-9(4-6-10)11(20)18-12(13(15,16)17)19-7-1-2-8-19/h3-6,12H,1-2,7-8H2,(H,18,20). The summed E-state index contributed by atoms with van der Waals surface area (Å²) in [4.78, 5) is 14.2. The lowest BCUT2D eigenvalue weighted by atomic mass is 10.2. The quantitative estimate of drug-likeness (QED) is 0.779. The Morgan fingerprint density at radius 2 is 1.75 bits per heavy atom. The number of alkyl halides is 3. The molecule has 20 heavy (non-hydrogen) atoms. The molecule has 1 aliphatic heterocycles. The minimum Gasteiger partial charge on any atom is -0.332 e. The normalized spacial score (nSPS) is 18.0. The number of benzene rings is 1. The Balaban J connectivity index is 2.11. The summed E-state index contributed by atoms with van der Waals surface area (Å²) in [7, 11) is 0. The van der Waals surface area contributed by atoms with Crippen LogP contribution in [0.2, 0.25) is 0 Å². The van der Waals surface area contributed by atoms with Crippen molar-refractivity contribution < 1.29 is 4.79 Å². The molecule has 1 aromatic rings. The van der Waals surface area contributed by atoms with E-state index in [1.165, 1.54) is 0 Å². The highest BCUT2D eigenvalue weighted by atomic mass is 79.9. The van der Waals surface area contributed by atoms with Gasteiger partial charge in [0.2, 0.25) is 3.79 Å². The summed E-state index contributed by atoms with van der Waals surface area (Å²) in [6.07, 6.45) is 1.47. The fraction of sp³-hybridized carbons (Fsp3) is 0.462. The van der Waals surface area contributed by atoms with Crippen LogP contribution in [0.5, 0.6) is 0 Å². The Bertz CT molecular complexity index is 469. The third kappa shape index (κ3) is 4.25. The van der Waals surface area contributed by atoms with E-state index in [4.69, 9.17) is 34.8 Å². The van der Waals surface area contributed by atoms with E-state index < -0.39 is 9.96 Å². The van der Waals surface area contributed by atoms with E-state index in [0.717, 1.165) is 30.4 Å². The van der Waals surface area contributed by atoms with E-state index in [0.29, 0.717) is 5.56 Å². The predicted molar refractivity (Wildman–Crippen MR) is 86.5 cm³/mol. The first-order valence-electron chi connectivity index (χ1n) is 6.25. The number of nitrogens with one attached hydrogen (secondary N) is 1. The lowest BCUT2D eigenvalue weighted by Gasteiger charge is -2.33. The number of halogens is 4. The lowest BCUT2D eigenvalue weighted by Crippen LogP contribution is -2.54. The minimum absolute atomic E-state index is 0.249. The molecule has 1 amide bonds. The van der Waals surface area contributed by atoms with Gasteiger partial charge >= 0.3 is 0 Å². The number of carbonyl (C=O) groups excluding carboxylic acids is 1. The monoisotopic (exact) mass is 398 g/mol. The molecule has 0 aromatic heterocycles. The second kappa shape index (κ2) is 6.84. The molecule has 2 rings (SSSR count). The molecule has 1 aromatic carbocycles. The number of hydrogen-bond donors (Lipinski definition) is 1. The SMILES string of the molecule is O=C(NC(N1CCCC1)C(Cl)(Cl)Cl)c1ccc(Br)cc1. The largest absolute Gasteiger partial charge is 0.332 e. The van der Waals surface area contributed by atoms with Crippen molar-refractivity contribution in [2.24, 2.45) is 0 Å². The Kier molecular flexibility index (Phi) is 5.60. The van der Waals surface area contributed by atoms with Gasteiger partial charge in [-0.1, -0.05) is 50.7 Å². The minimum atomic E-state index is -1.56. The third-order valence-corrected chi connectivity index (χ3v) is 4.34. The number of carbonyl (C=O) groups is 1. The molecule has 1 unspecified atom stereocenters. The van der Waals surface area contributed by atoms with E-state index >= 15 is 0 Å². The number of rotatable bonds is 3. The maximum absolute atomic E-state index is 12.2. The fourth-order valence-electron chi connectivity index (χ4n) is 2.19. The first kappa shape index (κ1) is 16.4. The van der Waals surface area contributed by atoms with Crippen LogP contribution in [-0.4, -0.2) is 33.9 Å². The smallest absolute Gasteiger partial charge is 0.252 e. The highest BCUT2D eigenvalue weighted by Crippen LogP contribution is 2.33. The van der Waals surface area contributed by atoms with Crippen molar-refractivity contribution in [2.45, 2.75) is 22.8 Å². The van der Waals surface area contributed by atoms with Crippen LogP contribution in [0.1, 0.15) is 23.2 Å². The molecule has 1 fully saturated rings. The summed E-state index contributed by atoms with van der Waals surface area (Å²) in [5.41, 5.74) is 0.534. The molecule has 0 radical (unpaired) electrons. The van der Waals surface area contributed by atoms with Gasteiger partial charge in [-0.3, -0.25) is 9.69 Å². The molecule has 1 saturated heterocycles. The molecule has 0 saturated carbocycles. The summed E-state index contributed by atoms with van der Waals surface area (Å²) in [5, 5.41) is 2.81. The van der Waals surface area contributed by atoms with Gasteiger partial charge in [-0.25, -0.2) is 0 Å². The predicted octanol–water partition coefficient (Wildman–Crippen LogP) is 3.97. The highest BCUT2D eigenvalue weighted by Gasteiger charge is 2.39. The Morgan fingerprint density at radius 3 is 2.25 bits per heavy atom. The first-order valence-corrected chi connectivity index (χ1v) is 8.18. The van der Waals surface area contributed by atoms with Gasteiger partial charge in [0, 0.05) is 23.1 Å². The summed E-state index contributed by atoms with van der Waals surface area (Å²) in [6.45, 7) is 1.64. The number of nitrogens with zero attached hydrogens (tertiary/aromatic N) is 1. The van der Waals surface area contributed by atoms with Crippen LogP contribution in [0.25, 0.3) is 0 Å². The molecule has 0 bridgehead atoms. The maximum Gasteiger partial charge on any atom is 0.252 e. The van der Waals surface area contributed by atoms with E-state index in [-0.39, 0.29) is 5.91 Å². The molecule has 3 nitrogen and oxygen atoms in total. The van der Waals surface area contributed by atoms with E-state index in [1.54, 1.807) is 24.3 Å². The summed E-state index contributed by atoms with van der Waals surface area (Å²) >= 11 is 21.3. The molecular formula is C13H14BrCl3N2O. The van der Waals surface area contributed by atoms with Crippen molar-refractivity contribution in [3.8, 4) is 0 Å². The lowest BCUT2D eigenvalue weighted by molar-refractivity contribution is 0.0874. The molecule has 7 heteroatoms. The van der Waals surface area contributed by atoms with Gasteiger partial charge < -0.3 is 5.32 Å². The Hall–Kier alpha value is -0.000000000000000167. The zero-order valence-corrected chi connectivity index (χ0v) is 14.4. The second-order valence-corrected chi connectivity index (χ2v) is 7.95. The average Bonchev–Trinajstić information content (AvgIpc) is 2.88. The van der Waals surface area contributed by atoms with Crippen LogP contribution in [0, 0.1) is 0 Å². The zero-order valence-electron chi connectivity index (χ0n) is 10.6. The summed E-state index contributed by atoms with van der Waals surface area (Å²) in [6, 6.07) is 7.04. The molecule has 1 atom stereocenters. The van der Waals surface area contributed by atoms with Crippen molar-refractivity contribution in [1.82, 2.24) is 10.2 Å². The van der Waals surface area contributed by atoms with Gasteiger partial charge in [0.15, 0.2) is 0 Å². The first-order chi connectivity index (χ1) is 9.38. The number of amides is 1. The van der Waals surface area contributed by atoms with E-state index in [9.17, 15) is 4.79 Å². The number of likely N-dealkylation sites (tertiary alicyclic amines) is 1. The van der Waals surface area contributed by atoms with Gasteiger partial charge in [-0.05, 0) is 37.1 Å². The molecule has 0 aliphatic carbocycles. The van der Waals surface area contributed by atoms with Gasteiger partial charge in [-0.2, -0.15) is 0 Å². The molecule has 0 spiro atoms. The van der Waals surface area contributed by atoms with Crippen molar-refractivity contribution >= 4 is 56.6 Å². The maximum atomic E-state index is 12.2. The number of hydrogen-bond acceptors (Lipinski definition) is 2. The molecule has 110 valence electrons. The van der Waals surface area contributed by atoms with Crippen LogP contribution >= 0.6 is 50.7 Å². The highest BCUT2D eigenvalue weighted by molar-refractivity contribution is 9.10. The topological polar surface area (TPSA) is 32.3 Å². The van der Waals surface area contributed by atoms with Crippen molar-refractivity contribution in [1.29, 1.82) is 0 Å². The van der Waals surface area contributed by atoms with Crippen LogP contribution < -0.4 is 5.32 Å². The Morgan fingerprint density at radius 1 is 1.20 bits per heavy atom. The van der Waals surface area contributed by atoms with Gasteiger partial charge in [-0.15, -0.1) is 0 Å². The van der Waals surface area contributed by atoms with Gasteiger partial charge in [0.1, 0.15) is 6.17 Å². The van der Waals surface area contributed by atoms with Crippen LogP contribution in [0.3, 0.4) is 0 Å². The third-order valence-electron chi connectivity index (χ3n) is 3.19. The zero-order chi connectivity index (χ0) is 14.8. The summed E-state index contributed by atoms with van der Waals surface area (Å²) in [5.74, 6) is -0.249. The Labute approximate surface area is 141 Å². The van der Waals surface area contributed by atoms with Crippen LogP contribution in [0.15, 0.2) is 28.7 Å². The fourth-order valence-corrected chi connectivity index (χ4v) is 3.03. The van der Waals surface area contributed by atoms with Crippen LogP contribution in [0.4, 0.5) is 0 Å². The second-order valence-electron chi connectivity index (χ2n) is 4.67. The van der Waals surface area contributed by atoms with Crippen molar-refractivity contribution in [3.05, 3.63) is 34.3 Å². The molecule has 1 heterocycles. The molecule has 1 aliphatic rings.